The Bertz CT molecular complexity index is 1160. The number of halogens is 1. The molecule has 0 saturated carbocycles. The highest BCUT2D eigenvalue weighted by Crippen LogP contribution is 2.31. The van der Waals surface area contributed by atoms with Crippen molar-refractivity contribution in [2.24, 2.45) is 0 Å². The Morgan fingerprint density at radius 1 is 1.15 bits per heavy atom. The fourth-order valence-corrected chi connectivity index (χ4v) is 4.00. The number of carbonyl (C=O) groups is 2. The van der Waals surface area contributed by atoms with E-state index in [9.17, 15) is 9.59 Å². The van der Waals surface area contributed by atoms with E-state index in [1.165, 1.54) is 0 Å². The van der Waals surface area contributed by atoms with E-state index in [0.29, 0.717) is 41.5 Å². The Labute approximate surface area is 198 Å². The Morgan fingerprint density at radius 3 is 2.61 bits per heavy atom. The molecule has 3 aromatic carbocycles. The summed E-state index contributed by atoms with van der Waals surface area (Å²) >= 11 is 6.15. The van der Waals surface area contributed by atoms with Crippen molar-refractivity contribution in [3.63, 3.8) is 0 Å². The summed E-state index contributed by atoms with van der Waals surface area (Å²) in [6.45, 7) is 2.74. The first-order valence-corrected chi connectivity index (χ1v) is 11.1. The molecular weight excluding hydrogens is 440 g/mol. The smallest absolute Gasteiger partial charge is 0.264 e. The molecule has 2 amide bonds. The maximum absolute atomic E-state index is 13.1. The fourth-order valence-electron chi connectivity index (χ4n) is 3.77. The minimum atomic E-state index is -0.562. The molecule has 0 saturated heterocycles. The average molecular weight is 465 g/mol. The summed E-state index contributed by atoms with van der Waals surface area (Å²) in [6, 6.07) is 19.9. The van der Waals surface area contributed by atoms with Gasteiger partial charge in [-0.05, 0) is 54.4 Å². The number of rotatable bonds is 6. The van der Waals surface area contributed by atoms with Gasteiger partial charge in [0.15, 0.2) is 6.10 Å². The summed E-state index contributed by atoms with van der Waals surface area (Å²) in [6.07, 6.45) is -0.00406. The first-order valence-electron chi connectivity index (χ1n) is 10.8. The molecule has 0 spiro atoms. The van der Waals surface area contributed by atoms with Crippen molar-refractivity contribution < 1.29 is 19.1 Å². The van der Waals surface area contributed by atoms with E-state index in [0.717, 1.165) is 16.9 Å². The maximum Gasteiger partial charge on any atom is 0.264 e. The Kier molecular flexibility index (Phi) is 6.84. The standard InChI is InChI=1S/C26H25ClN2O4/c1-3-23-26(31)29(15-17-8-11-20(32-2)12-9-17)16-18-14-19(10-13-24(18)33-23)28-25(30)21-6-4-5-7-22(21)27/h4-14,23H,3,15-16H2,1-2H3,(H,28,30). The molecule has 1 heterocycles. The van der Waals surface area contributed by atoms with Gasteiger partial charge in [0.25, 0.3) is 11.8 Å². The molecule has 0 bridgehead atoms. The second-order valence-electron chi connectivity index (χ2n) is 7.81. The van der Waals surface area contributed by atoms with Crippen molar-refractivity contribution >= 4 is 29.1 Å². The second kappa shape index (κ2) is 9.96. The van der Waals surface area contributed by atoms with E-state index in [1.54, 1.807) is 48.4 Å². The van der Waals surface area contributed by atoms with Gasteiger partial charge in [-0.3, -0.25) is 9.59 Å². The molecule has 3 aromatic rings. The fraction of sp³-hybridized carbons (Fsp3) is 0.231. The molecule has 1 atom stereocenters. The Morgan fingerprint density at radius 2 is 1.91 bits per heavy atom. The van der Waals surface area contributed by atoms with Crippen LogP contribution in [0.3, 0.4) is 0 Å². The maximum atomic E-state index is 13.1. The average Bonchev–Trinajstić information content (AvgIpc) is 2.95. The van der Waals surface area contributed by atoms with Crippen LogP contribution in [0.2, 0.25) is 5.02 Å². The van der Waals surface area contributed by atoms with E-state index in [4.69, 9.17) is 21.1 Å². The summed E-state index contributed by atoms with van der Waals surface area (Å²) in [7, 11) is 1.62. The number of anilines is 1. The predicted octanol–water partition coefficient (Wildman–Crippen LogP) is 5.30. The molecular formula is C26H25ClN2O4. The van der Waals surface area contributed by atoms with Gasteiger partial charge in [-0.25, -0.2) is 0 Å². The van der Waals surface area contributed by atoms with Crippen molar-refractivity contribution in [3.8, 4) is 11.5 Å². The number of ether oxygens (including phenoxy) is 2. The highest BCUT2D eigenvalue weighted by Gasteiger charge is 2.30. The molecule has 0 aliphatic carbocycles. The number of nitrogens with one attached hydrogen (secondary N) is 1. The number of fused-ring (bicyclic) bond motifs is 1. The number of methoxy groups -OCH3 is 1. The predicted molar refractivity (Wildman–Crippen MR) is 128 cm³/mol. The van der Waals surface area contributed by atoms with E-state index < -0.39 is 6.10 Å². The van der Waals surface area contributed by atoms with Crippen molar-refractivity contribution in [3.05, 3.63) is 88.4 Å². The van der Waals surface area contributed by atoms with Crippen LogP contribution in [-0.2, 0) is 17.9 Å². The molecule has 1 aliphatic heterocycles. The molecule has 4 rings (SSSR count). The first-order chi connectivity index (χ1) is 16.0. The second-order valence-corrected chi connectivity index (χ2v) is 8.22. The zero-order valence-electron chi connectivity index (χ0n) is 18.5. The number of nitrogens with zero attached hydrogens (tertiary/aromatic N) is 1. The van der Waals surface area contributed by atoms with Crippen LogP contribution in [0.25, 0.3) is 0 Å². The van der Waals surface area contributed by atoms with E-state index in [2.05, 4.69) is 5.32 Å². The van der Waals surface area contributed by atoms with Crippen LogP contribution in [0.5, 0.6) is 11.5 Å². The molecule has 7 heteroatoms. The first kappa shape index (κ1) is 22.7. The highest BCUT2D eigenvalue weighted by molar-refractivity contribution is 6.34. The summed E-state index contributed by atoms with van der Waals surface area (Å²) < 4.78 is 11.3. The van der Waals surface area contributed by atoms with Crippen LogP contribution >= 0.6 is 11.6 Å². The van der Waals surface area contributed by atoms with Gasteiger partial charge in [-0.15, -0.1) is 0 Å². The normalized spacial score (nSPS) is 15.3. The van der Waals surface area contributed by atoms with Gasteiger partial charge >= 0.3 is 0 Å². The zero-order valence-corrected chi connectivity index (χ0v) is 19.3. The summed E-state index contributed by atoms with van der Waals surface area (Å²) in [4.78, 5) is 27.6. The monoisotopic (exact) mass is 464 g/mol. The highest BCUT2D eigenvalue weighted by atomic mass is 35.5. The van der Waals surface area contributed by atoms with Crippen LogP contribution < -0.4 is 14.8 Å². The molecule has 170 valence electrons. The van der Waals surface area contributed by atoms with Crippen LogP contribution in [0.4, 0.5) is 5.69 Å². The van der Waals surface area contributed by atoms with Crippen LogP contribution in [0.15, 0.2) is 66.7 Å². The number of benzene rings is 3. The number of amides is 2. The van der Waals surface area contributed by atoms with Gasteiger partial charge in [0.05, 0.1) is 17.7 Å². The summed E-state index contributed by atoms with van der Waals surface area (Å²) in [5.41, 5.74) is 2.82. The third-order valence-corrected chi connectivity index (χ3v) is 5.89. The minimum Gasteiger partial charge on any atom is -0.497 e. The van der Waals surface area contributed by atoms with Crippen molar-refractivity contribution in [1.29, 1.82) is 0 Å². The van der Waals surface area contributed by atoms with Gasteiger partial charge in [-0.1, -0.05) is 42.8 Å². The lowest BCUT2D eigenvalue weighted by atomic mass is 10.1. The van der Waals surface area contributed by atoms with Gasteiger partial charge < -0.3 is 19.7 Å². The molecule has 33 heavy (non-hydrogen) atoms. The lowest BCUT2D eigenvalue weighted by molar-refractivity contribution is -0.139. The quantitative estimate of drug-likeness (QED) is 0.537. The number of hydrogen-bond donors (Lipinski definition) is 1. The summed E-state index contributed by atoms with van der Waals surface area (Å²) in [5.74, 6) is 1.04. The molecule has 1 unspecified atom stereocenters. The molecule has 0 aromatic heterocycles. The topological polar surface area (TPSA) is 67.9 Å². The van der Waals surface area contributed by atoms with Gasteiger partial charge in [0.1, 0.15) is 11.5 Å². The van der Waals surface area contributed by atoms with Crippen LogP contribution in [-0.4, -0.2) is 29.9 Å². The van der Waals surface area contributed by atoms with Crippen molar-refractivity contribution in [2.45, 2.75) is 32.5 Å². The van der Waals surface area contributed by atoms with E-state index >= 15 is 0 Å². The Balaban J connectivity index is 1.58. The Hall–Kier alpha value is -3.51. The van der Waals surface area contributed by atoms with Crippen LogP contribution in [0.1, 0.15) is 34.8 Å². The molecule has 1 aliphatic rings. The van der Waals surface area contributed by atoms with E-state index in [1.807, 2.05) is 37.3 Å². The molecule has 0 fully saturated rings. The molecule has 1 N–H and O–H groups in total. The largest absolute Gasteiger partial charge is 0.497 e. The lowest BCUT2D eigenvalue weighted by Crippen LogP contribution is -2.38. The zero-order chi connectivity index (χ0) is 23.4. The van der Waals surface area contributed by atoms with Crippen molar-refractivity contribution in [1.82, 2.24) is 4.90 Å². The summed E-state index contributed by atoms with van der Waals surface area (Å²) in [5, 5.41) is 3.27. The minimum absolute atomic E-state index is 0.0637. The third kappa shape index (κ3) is 5.12. The number of carbonyl (C=O) groups excluding carboxylic acids is 2. The molecule has 6 nitrogen and oxygen atoms in total. The number of hydrogen-bond acceptors (Lipinski definition) is 4. The van der Waals surface area contributed by atoms with E-state index in [-0.39, 0.29) is 11.8 Å². The van der Waals surface area contributed by atoms with Gasteiger partial charge in [0.2, 0.25) is 0 Å². The van der Waals surface area contributed by atoms with Crippen LogP contribution in [0, 0.1) is 0 Å². The SMILES string of the molecule is CCC1Oc2ccc(NC(=O)c3ccccc3Cl)cc2CN(Cc2ccc(OC)cc2)C1=O. The third-order valence-electron chi connectivity index (χ3n) is 5.56. The van der Waals surface area contributed by atoms with Gasteiger partial charge in [0, 0.05) is 24.3 Å². The van der Waals surface area contributed by atoms with Crippen molar-refractivity contribution in [2.75, 3.05) is 12.4 Å². The van der Waals surface area contributed by atoms with Gasteiger partial charge in [-0.2, -0.15) is 0 Å². The molecule has 0 radical (unpaired) electrons. The lowest BCUT2D eigenvalue weighted by Gasteiger charge is -2.23.